The lowest BCUT2D eigenvalue weighted by Crippen LogP contribution is -2.15. The predicted octanol–water partition coefficient (Wildman–Crippen LogP) is 4.22. The Morgan fingerprint density at radius 2 is 1.92 bits per heavy atom. The highest BCUT2D eigenvalue weighted by molar-refractivity contribution is 5.92. The molecular formula is C19H17FN2O2. The van der Waals surface area contributed by atoms with Crippen molar-refractivity contribution in [2.75, 3.05) is 5.32 Å². The maximum atomic E-state index is 13.8. The molecule has 3 aromatic rings. The highest BCUT2D eigenvalue weighted by Gasteiger charge is 2.14. The molecule has 0 atom stereocenters. The molecule has 4 nitrogen and oxygen atoms in total. The fourth-order valence-electron chi connectivity index (χ4n) is 2.49. The van der Waals surface area contributed by atoms with Gasteiger partial charge in [-0.2, -0.15) is 0 Å². The van der Waals surface area contributed by atoms with Gasteiger partial charge in [0.15, 0.2) is 5.76 Å². The molecule has 0 fully saturated rings. The number of aryl methyl sites for hydroxylation is 1. The number of anilines is 1. The van der Waals surface area contributed by atoms with Gasteiger partial charge in [-0.1, -0.05) is 42.4 Å². The summed E-state index contributed by atoms with van der Waals surface area (Å²) < 4.78 is 18.9. The highest BCUT2D eigenvalue weighted by atomic mass is 19.1. The van der Waals surface area contributed by atoms with Crippen LogP contribution >= 0.6 is 0 Å². The molecule has 1 aromatic heterocycles. The molecule has 24 heavy (non-hydrogen) atoms. The minimum absolute atomic E-state index is 0.0655. The minimum atomic E-state index is -0.387. The SMILES string of the molecule is CCc1ccccc1NC(=O)Cc1cc(-c2ccccc2F)on1. The average Bonchev–Trinajstić information content (AvgIpc) is 3.04. The van der Waals surface area contributed by atoms with Crippen molar-refractivity contribution in [2.45, 2.75) is 19.8 Å². The van der Waals surface area contributed by atoms with Crippen LogP contribution in [0.5, 0.6) is 0 Å². The molecule has 0 bridgehead atoms. The molecular weight excluding hydrogens is 307 g/mol. The van der Waals surface area contributed by atoms with Crippen LogP contribution in [0.15, 0.2) is 59.1 Å². The van der Waals surface area contributed by atoms with Gasteiger partial charge in [-0.15, -0.1) is 0 Å². The number of amides is 1. The van der Waals surface area contributed by atoms with Gasteiger partial charge < -0.3 is 9.84 Å². The summed E-state index contributed by atoms with van der Waals surface area (Å²) in [6.45, 7) is 2.03. The van der Waals surface area contributed by atoms with Crippen molar-refractivity contribution in [3.63, 3.8) is 0 Å². The van der Waals surface area contributed by atoms with E-state index in [1.165, 1.54) is 6.07 Å². The molecule has 0 saturated heterocycles. The van der Waals surface area contributed by atoms with Crippen molar-refractivity contribution in [2.24, 2.45) is 0 Å². The van der Waals surface area contributed by atoms with Crippen LogP contribution in [0.4, 0.5) is 10.1 Å². The summed E-state index contributed by atoms with van der Waals surface area (Å²) in [5.41, 5.74) is 2.65. The first-order chi connectivity index (χ1) is 11.7. The van der Waals surface area contributed by atoms with Crippen LogP contribution in [0, 0.1) is 5.82 Å². The number of nitrogens with one attached hydrogen (secondary N) is 1. The van der Waals surface area contributed by atoms with E-state index in [-0.39, 0.29) is 18.1 Å². The Kier molecular flexibility index (Phi) is 4.70. The molecule has 122 valence electrons. The van der Waals surface area contributed by atoms with Crippen LogP contribution in [0.2, 0.25) is 0 Å². The Hall–Kier alpha value is -2.95. The third kappa shape index (κ3) is 3.51. The van der Waals surface area contributed by atoms with E-state index in [0.29, 0.717) is 17.0 Å². The van der Waals surface area contributed by atoms with Crippen LogP contribution in [-0.2, 0) is 17.6 Å². The number of hydrogen-bond donors (Lipinski definition) is 1. The van der Waals surface area contributed by atoms with E-state index in [1.807, 2.05) is 31.2 Å². The Morgan fingerprint density at radius 3 is 2.71 bits per heavy atom. The summed E-state index contributed by atoms with van der Waals surface area (Å²) in [7, 11) is 0. The smallest absolute Gasteiger partial charge is 0.230 e. The van der Waals surface area contributed by atoms with Crippen LogP contribution in [-0.4, -0.2) is 11.1 Å². The predicted molar refractivity (Wildman–Crippen MR) is 90.1 cm³/mol. The van der Waals surface area contributed by atoms with Gasteiger partial charge in [-0.25, -0.2) is 4.39 Å². The van der Waals surface area contributed by atoms with Crippen molar-refractivity contribution < 1.29 is 13.7 Å². The minimum Gasteiger partial charge on any atom is -0.356 e. The summed E-state index contributed by atoms with van der Waals surface area (Å²) in [6, 6.07) is 15.5. The molecule has 0 radical (unpaired) electrons. The van der Waals surface area contributed by atoms with Crippen molar-refractivity contribution >= 4 is 11.6 Å². The van der Waals surface area contributed by atoms with Gasteiger partial charge in [0.2, 0.25) is 5.91 Å². The van der Waals surface area contributed by atoms with Gasteiger partial charge >= 0.3 is 0 Å². The summed E-state index contributed by atoms with van der Waals surface area (Å²) in [4.78, 5) is 12.2. The third-order valence-corrected chi connectivity index (χ3v) is 3.71. The molecule has 0 unspecified atom stereocenters. The fourth-order valence-corrected chi connectivity index (χ4v) is 2.49. The summed E-state index contributed by atoms with van der Waals surface area (Å²) in [6.07, 6.45) is 0.897. The normalized spacial score (nSPS) is 10.6. The quantitative estimate of drug-likeness (QED) is 0.764. The van der Waals surface area contributed by atoms with Crippen LogP contribution in [0.1, 0.15) is 18.2 Å². The second-order valence-corrected chi connectivity index (χ2v) is 5.40. The lowest BCUT2D eigenvalue weighted by Gasteiger charge is -2.08. The molecule has 0 aliphatic rings. The molecule has 1 heterocycles. The number of carbonyl (C=O) groups excluding carboxylic acids is 1. The highest BCUT2D eigenvalue weighted by Crippen LogP contribution is 2.23. The Labute approximate surface area is 139 Å². The van der Waals surface area contributed by atoms with Crippen molar-refractivity contribution in [1.82, 2.24) is 5.16 Å². The van der Waals surface area contributed by atoms with E-state index in [1.54, 1.807) is 24.3 Å². The first-order valence-corrected chi connectivity index (χ1v) is 7.75. The van der Waals surface area contributed by atoms with E-state index in [9.17, 15) is 9.18 Å². The van der Waals surface area contributed by atoms with Crippen molar-refractivity contribution in [1.29, 1.82) is 0 Å². The van der Waals surface area contributed by atoms with Gasteiger partial charge in [0.1, 0.15) is 5.82 Å². The van der Waals surface area contributed by atoms with Crippen molar-refractivity contribution in [3.8, 4) is 11.3 Å². The number of rotatable bonds is 5. The Balaban J connectivity index is 1.71. The van der Waals surface area contributed by atoms with E-state index < -0.39 is 0 Å². The first-order valence-electron chi connectivity index (χ1n) is 7.75. The second kappa shape index (κ2) is 7.08. The second-order valence-electron chi connectivity index (χ2n) is 5.40. The van der Waals surface area contributed by atoms with E-state index >= 15 is 0 Å². The summed E-state index contributed by atoms with van der Waals surface area (Å²) >= 11 is 0. The number of carbonyl (C=O) groups is 1. The number of hydrogen-bond acceptors (Lipinski definition) is 3. The zero-order valence-electron chi connectivity index (χ0n) is 13.3. The summed E-state index contributed by atoms with van der Waals surface area (Å²) in [5, 5.41) is 6.73. The molecule has 1 N–H and O–H groups in total. The maximum absolute atomic E-state index is 13.8. The molecule has 3 rings (SSSR count). The Bertz CT molecular complexity index is 858. The van der Waals surface area contributed by atoms with E-state index in [4.69, 9.17) is 4.52 Å². The van der Waals surface area contributed by atoms with Gasteiger partial charge in [0.05, 0.1) is 17.7 Å². The van der Waals surface area contributed by atoms with Gasteiger partial charge in [-0.05, 0) is 30.2 Å². The molecule has 5 heteroatoms. The monoisotopic (exact) mass is 324 g/mol. The maximum Gasteiger partial charge on any atom is 0.230 e. The Morgan fingerprint density at radius 1 is 1.17 bits per heavy atom. The van der Waals surface area contributed by atoms with Crippen LogP contribution in [0.25, 0.3) is 11.3 Å². The molecule has 0 aliphatic carbocycles. The van der Waals surface area contributed by atoms with Crippen LogP contribution in [0.3, 0.4) is 0 Å². The zero-order valence-corrected chi connectivity index (χ0v) is 13.3. The van der Waals surface area contributed by atoms with Gasteiger partial charge in [0, 0.05) is 11.8 Å². The summed E-state index contributed by atoms with van der Waals surface area (Å²) in [5.74, 6) is -0.268. The van der Waals surface area contributed by atoms with E-state index in [0.717, 1.165) is 17.7 Å². The number of aromatic nitrogens is 1. The van der Waals surface area contributed by atoms with E-state index in [2.05, 4.69) is 10.5 Å². The zero-order chi connectivity index (χ0) is 16.9. The third-order valence-electron chi connectivity index (χ3n) is 3.71. The topological polar surface area (TPSA) is 55.1 Å². The van der Waals surface area contributed by atoms with Gasteiger partial charge in [0.25, 0.3) is 0 Å². The number of nitrogens with zero attached hydrogens (tertiary/aromatic N) is 1. The fraction of sp³-hybridized carbons (Fsp3) is 0.158. The lowest BCUT2D eigenvalue weighted by molar-refractivity contribution is -0.115. The number of halogens is 1. The molecule has 1 amide bonds. The number of benzene rings is 2. The standard InChI is InChI=1S/C19H17FN2O2/c1-2-13-7-3-6-10-17(13)21-19(23)12-14-11-18(24-22-14)15-8-4-5-9-16(15)20/h3-11H,2,12H2,1H3,(H,21,23). The largest absolute Gasteiger partial charge is 0.356 e. The molecule has 0 spiro atoms. The number of para-hydroxylation sites is 1. The lowest BCUT2D eigenvalue weighted by atomic mass is 10.1. The average molecular weight is 324 g/mol. The molecule has 2 aromatic carbocycles. The molecule has 0 saturated carbocycles. The molecule has 0 aliphatic heterocycles. The first kappa shape index (κ1) is 15.9. The van der Waals surface area contributed by atoms with Crippen LogP contribution < -0.4 is 5.32 Å². The van der Waals surface area contributed by atoms with Gasteiger partial charge in [-0.3, -0.25) is 4.79 Å². The van der Waals surface area contributed by atoms with Crippen molar-refractivity contribution in [3.05, 3.63) is 71.7 Å².